The molecule has 0 saturated heterocycles. The molecular formula is C23H19FN2O6. The molecule has 2 aromatic carbocycles. The van der Waals surface area contributed by atoms with E-state index in [-0.39, 0.29) is 28.9 Å². The highest BCUT2D eigenvalue weighted by Gasteiger charge is 2.19. The third-order valence-electron chi connectivity index (χ3n) is 4.63. The van der Waals surface area contributed by atoms with Crippen LogP contribution in [0, 0.1) is 5.82 Å². The summed E-state index contributed by atoms with van der Waals surface area (Å²) in [6.45, 7) is 0.130. The number of benzene rings is 2. The molecule has 8 nitrogen and oxygen atoms in total. The van der Waals surface area contributed by atoms with Crippen LogP contribution in [0.15, 0.2) is 65.6 Å². The molecule has 0 aliphatic rings. The number of rotatable bonds is 6. The monoisotopic (exact) mass is 438 g/mol. The predicted octanol–water partition coefficient (Wildman–Crippen LogP) is 2.86. The molecule has 0 spiro atoms. The first-order chi connectivity index (χ1) is 15.3. The lowest BCUT2D eigenvalue weighted by Crippen LogP contribution is -2.29. The van der Waals surface area contributed by atoms with Gasteiger partial charge in [0.1, 0.15) is 11.4 Å². The summed E-state index contributed by atoms with van der Waals surface area (Å²) < 4.78 is 23.8. The Morgan fingerprint density at radius 3 is 2.28 bits per heavy atom. The molecule has 0 atom stereocenters. The first-order valence-electron chi connectivity index (χ1n) is 9.40. The van der Waals surface area contributed by atoms with Crippen LogP contribution in [-0.4, -0.2) is 36.6 Å². The van der Waals surface area contributed by atoms with Crippen molar-refractivity contribution in [3.05, 3.63) is 99.2 Å². The minimum atomic E-state index is -0.782. The lowest BCUT2D eigenvalue weighted by atomic mass is 10.1. The number of ether oxygens (including phenoxy) is 2. The van der Waals surface area contributed by atoms with Gasteiger partial charge in [0.15, 0.2) is 0 Å². The van der Waals surface area contributed by atoms with Crippen molar-refractivity contribution in [2.45, 2.75) is 6.54 Å². The fourth-order valence-corrected chi connectivity index (χ4v) is 2.99. The van der Waals surface area contributed by atoms with Gasteiger partial charge in [-0.3, -0.25) is 9.59 Å². The molecular weight excluding hydrogens is 419 g/mol. The summed E-state index contributed by atoms with van der Waals surface area (Å²) in [7, 11) is 2.37. The number of nitrogens with one attached hydrogen (secondary N) is 1. The largest absolute Gasteiger partial charge is 0.465 e. The van der Waals surface area contributed by atoms with Crippen molar-refractivity contribution in [3.8, 4) is 0 Å². The van der Waals surface area contributed by atoms with Gasteiger partial charge < -0.3 is 19.4 Å². The molecule has 1 N–H and O–H groups in total. The van der Waals surface area contributed by atoms with Gasteiger partial charge in [-0.1, -0.05) is 12.1 Å². The highest BCUT2D eigenvalue weighted by molar-refractivity contribution is 6.08. The molecule has 3 rings (SSSR count). The third kappa shape index (κ3) is 4.89. The Hall–Kier alpha value is -4.27. The standard InChI is InChI=1S/C23H19FN2O6/c1-31-22(29)15-7-10-17(23(30)32-2)19(12-15)25-20(27)18-4-3-11-26(21(18)28)13-14-5-8-16(24)9-6-14/h3-12H,13H2,1-2H3,(H,25,27). The van der Waals surface area contributed by atoms with Crippen molar-refractivity contribution in [1.29, 1.82) is 0 Å². The van der Waals surface area contributed by atoms with Gasteiger partial charge in [0, 0.05) is 6.20 Å². The predicted molar refractivity (Wildman–Crippen MR) is 113 cm³/mol. The van der Waals surface area contributed by atoms with Gasteiger partial charge >= 0.3 is 11.9 Å². The highest BCUT2D eigenvalue weighted by atomic mass is 19.1. The molecule has 0 saturated carbocycles. The topological polar surface area (TPSA) is 104 Å². The number of hydrogen-bond donors (Lipinski definition) is 1. The fraction of sp³-hybridized carbons (Fsp3) is 0.130. The van der Waals surface area contributed by atoms with Gasteiger partial charge in [-0.15, -0.1) is 0 Å². The molecule has 0 unspecified atom stereocenters. The summed E-state index contributed by atoms with van der Waals surface area (Å²) in [5.74, 6) is -2.59. The Labute approximate surface area is 182 Å². The zero-order chi connectivity index (χ0) is 23.3. The zero-order valence-corrected chi connectivity index (χ0v) is 17.3. The van der Waals surface area contributed by atoms with Crippen molar-refractivity contribution in [1.82, 2.24) is 4.57 Å². The Morgan fingerprint density at radius 1 is 0.938 bits per heavy atom. The Bertz CT molecular complexity index is 1230. The molecule has 1 amide bonds. The molecule has 3 aromatic rings. The van der Waals surface area contributed by atoms with Crippen molar-refractivity contribution in [2.24, 2.45) is 0 Å². The normalized spacial score (nSPS) is 10.3. The molecule has 0 radical (unpaired) electrons. The summed E-state index contributed by atoms with van der Waals surface area (Å²) >= 11 is 0. The number of anilines is 1. The number of carbonyl (C=O) groups excluding carboxylic acids is 3. The molecule has 0 aliphatic carbocycles. The lowest BCUT2D eigenvalue weighted by molar-refractivity contribution is 0.0587. The molecule has 0 aliphatic heterocycles. The van der Waals surface area contributed by atoms with Crippen LogP contribution in [0.5, 0.6) is 0 Å². The van der Waals surface area contributed by atoms with E-state index in [4.69, 9.17) is 4.74 Å². The summed E-state index contributed by atoms with van der Waals surface area (Å²) in [5, 5.41) is 2.49. The quantitative estimate of drug-likeness (QED) is 0.594. The first kappa shape index (κ1) is 22.4. The Balaban J connectivity index is 1.93. The second-order valence-electron chi connectivity index (χ2n) is 6.68. The number of carbonyl (C=O) groups is 3. The van der Waals surface area contributed by atoms with Crippen molar-refractivity contribution in [2.75, 3.05) is 19.5 Å². The number of esters is 2. The van der Waals surface area contributed by atoms with Gasteiger partial charge in [-0.05, 0) is 48.0 Å². The average molecular weight is 438 g/mol. The molecule has 9 heteroatoms. The van der Waals surface area contributed by atoms with E-state index in [9.17, 15) is 23.6 Å². The molecule has 0 bridgehead atoms. The average Bonchev–Trinajstić information content (AvgIpc) is 2.80. The van der Waals surface area contributed by atoms with Crippen LogP contribution in [0.2, 0.25) is 0 Å². The number of halogens is 1. The third-order valence-corrected chi connectivity index (χ3v) is 4.63. The van der Waals surface area contributed by atoms with E-state index < -0.39 is 29.2 Å². The van der Waals surface area contributed by atoms with Crippen molar-refractivity contribution >= 4 is 23.5 Å². The summed E-state index contributed by atoms with van der Waals surface area (Å²) in [6, 6.07) is 12.4. The number of methoxy groups -OCH3 is 2. The number of nitrogens with zero attached hydrogens (tertiary/aromatic N) is 1. The van der Waals surface area contributed by atoms with Crippen LogP contribution in [0.3, 0.4) is 0 Å². The minimum absolute atomic E-state index is 0.00364. The molecule has 1 heterocycles. The van der Waals surface area contributed by atoms with Gasteiger partial charge in [-0.25, -0.2) is 14.0 Å². The van der Waals surface area contributed by atoms with Gasteiger partial charge in [0.2, 0.25) is 0 Å². The maximum Gasteiger partial charge on any atom is 0.339 e. The van der Waals surface area contributed by atoms with Crippen LogP contribution in [-0.2, 0) is 16.0 Å². The van der Waals surface area contributed by atoms with E-state index >= 15 is 0 Å². The SMILES string of the molecule is COC(=O)c1ccc(C(=O)OC)c(NC(=O)c2cccn(Cc3ccc(F)cc3)c2=O)c1. The Kier molecular flexibility index (Phi) is 6.79. The van der Waals surface area contributed by atoms with E-state index in [0.717, 1.165) is 0 Å². The van der Waals surface area contributed by atoms with E-state index in [0.29, 0.717) is 5.56 Å². The van der Waals surface area contributed by atoms with E-state index in [1.165, 1.54) is 79.6 Å². The molecule has 32 heavy (non-hydrogen) atoms. The smallest absolute Gasteiger partial charge is 0.339 e. The number of hydrogen-bond acceptors (Lipinski definition) is 6. The molecule has 1 aromatic heterocycles. The van der Waals surface area contributed by atoms with Gasteiger partial charge in [0.25, 0.3) is 11.5 Å². The maximum atomic E-state index is 13.1. The van der Waals surface area contributed by atoms with Gasteiger partial charge in [0.05, 0.1) is 37.6 Å². The van der Waals surface area contributed by atoms with Crippen molar-refractivity contribution in [3.63, 3.8) is 0 Å². The molecule has 0 fully saturated rings. The summed E-state index contributed by atoms with van der Waals surface area (Å²) in [6.07, 6.45) is 1.50. The zero-order valence-electron chi connectivity index (χ0n) is 17.3. The Morgan fingerprint density at radius 2 is 1.62 bits per heavy atom. The van der Waals surface area contributed by atoms with Crippen molar-refractivity contribution < 1.29 is 28.2 Å². The van der Waals surface area contributed by atoms with E-state index in [1.54, 1.807) is 0 Å². The first-order valence-corrected chi connectivity index (χ1v) is 9.40. The van der Waals surface area contributed by atoms with Crippen LogP contribution >= 0.6 is 0 Å². The fourth-order valence-electron chi connectivity index (χ4n) is 2.99. The second-order valence-corrected chi connectivity index (χ2v) is 6.68. The highest BCUT2D eigenvalue weighted by Crippen LogP contribution is 2.20. The summed E-state index contributed by atoms with van der Waals surface area (Å²) in [5.41, 5.74) is -0.0248. The van der Waals surface area contributed by atoms with Crippen LogP contribution in [0.1, 0.15) is 36.6 Å². The second kappa shape index (κ2) is 9.69. The van der Waals surface area contributed by atoms with Crippen LogP contribution in [0.25, 0.3) is 0 Å². The van der Waals surface area contributed by atoms with Gasteiger partial charge in [-0.2, -0.15) is 0 Å². The molecule has 164 valence electrons. The summed E-state index contributed by atoms with van der Waals surface area (Å²) in [4.78, 5) is 49.6. The van der Waals surface area contributed by atoms with E-state index in [1.807, 2.05) is 0 Å². The number of pyridine rings is 1. The maximum absolute atomic E-state index is 13.1. The van der Waals surface area contributed by atoms with Crippen LogP contribution in [0.4, 0.5) is 10.1 Å². The van der Waals surface area contributed by atoms with Crippen LogP contribution < -0.4 is 10.9 Å². The lowest BCUT2D eigenvalue weighted by Gasteiger charge is -2.12. The van der Waals surface area contributed by atoms with E-state index in [2.05, 4.69) is 10.1 Å². The number of aromatic nitrogens is 1. The number of amides is 1. The minimum Gasteiger partial charge on any atom is -0.465 e.